The van der Waals surface area contributed by atoms with E-state index in [9.17, 15) is 18.4 Å². The molecule has 0 N–H and O–H groups in total. The van der Waals surface area contributed by atoms with Crippen LogP contribution >= 0.6 is 0 Å². The number of carbonyl (C=O) groups excluding carboxylic acids is 2. The van der Waals surface area contributed by atoms with Crippen LogP contribution in [0.3, 0.4) is 0 Å². The van der Waals surface area contributed by atoms with Gasteiger partial charge in [-0.1, -0.05) is 12.1 Å². The summed E-state index contributed by atoms with van der Waals surface area (Å²) in [6.07, 6.45) is 1.97. The molecule has 6 heteroatoms. The van der Waals surface area contributed by atoms with Gasteiger partial charge in [0.15, 0.2) is 11.6 Å². The molecule has 124 valence electrons. The van der Waals surface area contributed by atoms with E-state index >= 15 is 0 Å². The van der Waals surface area contributed by atoms with Crippen LogP contribution in [0.2, 0.25) is 0 Å². The molecule has 0 aromatic heterocycles. The van der Waals surface area contributed by atoms with Crippen molar-refractivity contribution in [2.45, 2.75) is 25.7 Å². The highest BCUT2D eigenvalue weighted by Gasteiger charge is 2.44. The highest BCUT2D eigenvalue weighted by molar-refractivity contribution is 5.80. The van der Waals surface area contributed by atoms with Gasteiger partial charge in [-0.05, 0) is 18.9 Å². The number of amides is 2. The molecule has 2 aliphatic rings. The van der Waals surface area contributed by atoms with Gasteiger partial charge >= 0.3 is 0 Å². The van der Waals surface area contributed by atoms with Crippen molar-refractivity contribution >= 4 is 11.8 Å². The number of likely N-dealkylation sites (tertiary alicyclic amines) is 2. The molecule has 2 aliphatic heterocycles. The molecule has 1 aromatic rings. The Morgan fingerprint density at radius 2 is 1.96 bits per heavy atom. The van der Waals surface area contributed by atoms with Crippen LogP contribution in [-0.4, -0.2) is 48.3 Å². The highest BCUT2D eigenvalue weighted by atomic mass is 19.2. The Kier molecular flexibility index (Phi) is 4.08. The Bertz CT molecular complexity index is 639. The number of hydrogen-bond acceptors (Lipinski definition) is 2. The summed E-state index contributed by atoms with van der Waals surface area (Å²) in [6, 6.07) is 3.89. The van der Waals surface area contributed by atoms with Gasteiger partial charge in [0, 0.05) is 44.1 Å². The standard InChI is InChI=1S/C17H20F2N2O2/c1-20-11-17(10-15(20)23)5-7-21(8-6-17)14(22)9-12-3-2-4-13(18)16(12)19/h2-4H,5-11H2,1H3. The fourth-order valence-corrected chi connectivity index (χ4v) is 3.63. The van der Waals surface area contributed by atoms with Crippen LogP contribution in [0.1, 0.15) is 24.8 Å². The van der Waals surface area contributed by atoms with E-state index < -0.39 is 11.6 Å². The first-order valence-corrected chi connectivity index (χ1v) is 7.85. The Hall–Kier alpha value is -1.98. The fourth-order valence-electron chi connectivity index (χ4n) is 3.63. The van der Waals surface area contributed by atoms with E-state index in [0.717, 1.165) is 25.5 Å². The zero-order valence-corrected chi connectivity index (χ0v) is 13.1. The molecular formula is C17H20F2N2O2. The smallest absolute Gasteiger partial charge is 0.227 e. The Morgan fingerprint density at radius 1 is 1.26 bits per heavy atom. The lowest BCUT2D eigenvalue weighted by Crippen LogP contribution is -2.44. The number of nitrogens with zero attached hydrogens (tertiary/aromatic N) is 2. The van der Waals surface area contributed by atoms with Gasteiger partial charge in [0.05, 0.1) is 6.42 Å². The van der Waals surface area contributed by atoms with Crippen LogP contribution in [0.25, 0.3) is 0 Å². The SMILES string of the molecule is CN1CC2(CCN(C(=O)Cc3cccc(F)c3F)CC2)CC1=O. The minimum atomic E-state index is -0.947. The summed E-state index contributed by atoms with van der Waals surface area (Å²) >= 11 is 0. The summed E-state index contributed by atoms with van der Waals surface area (Å²) in [4.78, 5) is 27.5. The van der Waals surface area contributed by atoms with Gasteiger partial charge < -0.3 is 9.80 Å². The Labute approximate surface area is 134 Å². The van der Waals surface area contributed by atoms with Crippen molar-refractivity contribution in [1.29, 1.82) is 0 Å². The third-order valence-electron chi connectivity index (χ3n) is 5.07. The third kappa shape index (κ3) is 3.07. The molecule has 1 spiro atoms. The minimum absolute atomic E-state index is 0.0211. The largest absolute Gasteiger partial charge is 0.345 e. The first kappa shape index (κ1) is 15.9. The molecule has 2 amide bonds. The molecular weight excluding hydrogens is 302 g/mol. The molecule has 2 heterocycles. The molecule has 2 saturated heterocycles. The minimum Gasteiger partial charge on any atom is -0.345 e. The van der Waals surface area contributed by atoms with Gasteiger partial charge in [-0.3, -0.25) is 9.59 Å². The number of halogens is 2. The van der Waals surface area contributed by atoms with E-state index in [1.807, 2.05) is 0 Å². The van der Waals surface area contributed by atoms with Gasteiger partial charge in [0.25, 0.3) is 0 Å². The molecule has 0 saturated carbocycles. The summed E-state index contributed by atoms with van der Waals surface area (Å²) in [7, 11) is 1.81. The topological polar surface area (TPSA) is 40.6 Å². The lowest BCUT2D eigenvalue weighted by atomic mass is 9.77. The number of hydrogen-bond donors (Lipinski definition) is 0. The average Bonchev–Trinajstić information content (AvgIpc) is 2.79. The molecule has 1 aromatic carbocycles. The molecule has 23 heavy (non-hydrogen) atoms. The second-order valence-corrected chi connectivity index (χ2v) is 6.70. The zero-order valence-electron chi connectivity index (χ0n) is 13.1. The molecule has 3 rings (SSSR count). The van der Waals surface area contributed by atoms with Gasteiger partial charge in [-0.15, -0.1) is 0 Å². The van der Waals surface area contributed by atoms with Crippen LogP contribution in [0.4, 0.5) is 8.78 Å². The van der Waals surface area contributed by atoms with Crippen molar-refractivity contribution in [2.24, 2.45) is 5.41 Å². The summed E-state index contributed by atoms with van der Waals surface area (Å²) in [5.74, 6) is -1.91. The summed E-state index contributed by atoms with van der Waals surface area (Å²) < 4.78 is 26.9. The second kappa shape index (κ2) is 5.91. The predicted molar refractivity (Wildman–Crippen MR) is 80.6 cm³/mol. The first-order valence-electron chi connectivity index (χ1n) is 7.85. The van der Waals surface area contributed by atoms with Crippen molar-refractivity contribution in [1.82, 2.24) is 9.80 Å². The monoisotopic (exact) mass is 322 g/mol. The fraction of sp³-hybridized carbons (Fsp3) is 0.529. The normalized spacial score (nSPS) is 20.4. The van der Waals surface area contributed by atoms with E-state index in [2.05, 4.69) is 0 Å². The van der Waals surface area contributed by atoms with Crippen LogP contribution in [0.15, 0.2) is 18.2 Å². The molecule has 2 fully saturated rings. The van der Waals surface area contributed by atoms with E-state index in [1.165, 1.54) is 12.1 Å². The van der Waals surface area contributed by atoms with E-state index in [4.69, 9.17) is 0 Å². The van der Waals surface area contributed by atoms with Crippen molar-refractivity contribution in [3.8, 4) is 0 Å². The van der Waals surface area contributed by atoms with Gasteiger partial charge in [-0.25, -0.2) is 8.78 Å². The highest BCUT2D eigenvalue weighted by Crippen LogP contribution is 2.40. The number of piperidine rings is 1. The van der Waals surface area contributed by atoms with E-state index in [0.29, 0.717) is 19.5 Å². The predicted octanol–water partition coefficient (Wildman–Crippen LogP) is 1.98. The average molecular weight is 322 g/mol. The van der Waals surface area contributed by atoms with E-state index in [1.54, 1.807) is 16.8 Å². The first-order chi connectivity index (χ1) is 10.9. The van der Waals surface area contributed by atoms with Crippen molar-refractivity contribution in [3.63, 3.8) is 0 Å². The van der Waals surface area contributed by atoms with Crippen molar-refractivity contribution in [3.05, 3.63) is 35.4 Å². The van der Waals surface area contributed by atoms with E-state index in [-0.39, 0.29) is 29.2 Å². The lowest BCUT2D eigenvalue weighted by molar-refractivity contribution is -0.132. The number of benzene rings is 1. The van der Waals surface area contributed by atoms with Crippen LogP contribution in [-0.2, 0) is 16.0 Å². The van der Waals surface area contributed by atoms with Gasteiger partial charge in [0.1, 0.15) is 0 Å². The number of rotatable bonds is 2. The molecule has 0 bridgehead atoms. The quantitative estimate of drug-likeness (QED) is 0.835. The maximum absolute atomic E-state index is 13.7. The van der Waals surface area contributed by atoms with Crippen LogP contribution < -0.4 is 0 Å². The third-order valence-corrected chi connectivity index (χ3v) is 5.07. The molecule has 0 radical (unpaired) electrons. The van der Waals surface area contributed by atoms with Crippen LogP contribution in [0.5, 0.6) is 0 Å². The van der Waals surface area contributed by atoms with Gasteiger partial charge in [-0.2, -0.15) is 0 Å². The summed E-state index contributed by atoms with van der Waals surface area (Å²) in [5, 5.41) is 0. The second-order valence-electron chi connectivity index (χ2n) is 6.70. The number of carbonyl (C=O) groups is 2. The lowest BCUT2D eigenvalue weighted by Gasteiger charge is -2.38. The summed E-state index contributed by atoms with van der Waals surface area (Å²) in [6.45, 7) is 1.88. The molecule has 0 unspecified atom stereocenters. The molecule has 4 nitrogen and oxygen atoms in total. The van der Waals surface area contributed by atoms with Gasteiger partial charge in [0.2, 0.25) is 11.8 Å². The maximum Gasteiger partial charge on any atom is 0.227 e. The maximum atomic E-state index is 13.7. The van der Waals surface area contributed by atoms with Crippen molar-refractivity contribution in [2.75, 3.05) is 26.7 Å². The Balaban J connectivity index is 1.61. The van der Waals surface area contributed by atoms with Crippen molar-refractivity contribution < 1.29 is 18.4 Å². The summed E-state index contributed by atoms with van der Waals surface area (Å²) in [5.41, 5.74) is 0.0678. The molecule has 0 atom stereocenters. The molecule has 0 aliphatic carbocycles. The zero-order chi connectivity index (χ0) is 16.6. The Morgan fingerprint density at radius 3 is 2.57 bits per heavy atom. The van der Waals surface area contributed by atoms with Crippen LogP contribution in [0, 0.1) is 17.0 Å².